The van der Waals surface area contributed by atoms with Gasteiger partial charge in [-0.1, -0.05) is 38.1 Å². The maximum atomic E-state index is 12.6. The topological polar surface area (TPSA) is 95.5 Å². The Morgan fingerprint density at radius 3 is 1.88 bits per heavy atom. The Labute approximate surface area is 197 Å². The summed E-state index contributed by atoms with van der Waals surface area (Å²) in [5.74, 6) is -1.32. The van der Waals surface area contributed by atoms with Crippen LogP contribution in [0.4, 0.5) is 11.4 Å². The van der Waals surface area contributed by atoms with Gasteiger partial charge in [-0.05, 0) is 66.9 Å². The van der Waals surface area contributed by atoms with E-state index in [-0.39, 0.29) is 22.3 Å². The Balaban J connectivity index is 1.58. The number of hydrogen-bond acceptors (Lipinski definition) is 4. The van der Waals surface area contributed by atoms with Crippen molar-refractivity contribution in [3.05, 3.63) is 89.5 Å². The van der Waals surface area contributed by atoms with E-state index in [0.717, 1.165) is 10.6 Å². The van der Waals surface area contributed by atoms with E-state index in [1.807, 2.05) is 43.3 Å². The molecule has 0 spiro atoms. The minimum Gasteiger partial charge on any atom is -0.478 e. The monoisotopic (exact) mass is 462 g/mol. The van der Waals surface area contributed by atoms with Gasteiger partial charge in [0.1, 0.15) is 0 Å². The summed E-state index contributed by atoms with van der Waals surface area (Å²) < 4.78 is 0. The molecule has 33 heavy (non-hydrogen) atoms. The standard InChI is InChI=1S/C26H26N2O4S/c1-16(2)18-8-10-19(11-9-18)27-24(29)17(3)33-21-14-12-20(13-15-21)28-25(30)22-6-4-5-7-23(22)26(31)32/h4-17H,1-3H3,(H,27,29)(H,28,30)(H,31,32). The third-order valence-corrected chi connectivity index (χ3v) is 6.15. The van der Waals surface area contributed by atoms with E-state index in [0.29, 0.717) is 11.6 Å². The smallest absolute Gasteiger partial charge is 0.336 e. The van der Waals surface area contributed by atoms with E-state index in [4.69, 9.17) is 0 Å². The minimum atomic E-state index is -1.16. The first-order chi connectivity index (χ1) is 15.7. The number of rotatable bonds is 8. The largest absolute Gasteiger partial charge is 0.478 e. The predicted octanol–water partition coefficient (Wildman–Crippen LogP) is 5.88. The number of benzene rings is 3. The molecule has 1 atom stereocenters. The summed E-state index contributed by atoms with van der Waals surface area (Å²) in [6.45, 7) is 6.08. The normalized spacial score (nSPS) is 11.6. The number of hydrogen-bond donors (Lipinski definition) is 3. The van der Waals surface area contributed by atoms with Crippen LogP contribution in [0, 0.1) is 0 Å². The fraction of sp³-hybridized carbons (Fsp3) is 0.192. The number of anilines is 2. The van der Waals surface area contributed by atoms with Gasteiger partial charge in [0, 0.05) is 16.3 Å². The van der Waals surface area contributed by atoms with Crippen LogP contribution in [0.3, 0.4) is 0 Å². The summed E-state index contributed by atoms with van der Waals surface area (Å²) in [6.07, 6.45) is 0. The van der Waals surface area contributed by atoms with Gasteiger partial charge in [-0.2, -0.15) is 0 Å². The Bertz CT molecular complexity index is 1140. The average Bonchev–Trinajstić information content (AvgIpc) is 2.80. The van der Waals surface area contributed by atoms with Crippen molar-refractivity contribution < 1.29 is 19.5 Å². The molecule has 7 heteroatoms. The number of carboxylic acid groups (broad SMARTS) is 1. The molecule has 1 unspecified atom stereocenters. The van der Waals surface area contributed by atoms with E-state index in [9.17, 15) is 19.5 Å². The minimum absolute atomic E-state index is 0.0548. The van der Waals surface area contributed by atoms with Crippen LogP contribution in [-0.4, -0.2) is 28.1 Å². The zero-order chi connectivity index (χ0) is 24.0. The van der Waals surface area contributed by atoms with E-state index in [2.05, 4.69) is 24.5 Å². The van der Waals surface area contributed by atoms with Crippen molar-refractivity contribution in [3.8, 4) is 0 Å². The van der Waals surface area contributed by atoms with Crippen molar-refractivity contribution >= 4 is 40.9 Å². The van der Waals surface area contributed by atoms with Gasteiger partial charge in [0.05, 0.1) is 16.4 Å². The highest BCUT2D eigenvalue weighted by Crippen LogP contribution is 2.26. The first kappa shape index (κ1) is 24.1. The molecule has 3 rings (SSSR count). The molecule has 0 aliphatic heterocycles. The molecule has 170 valence electrons. The third-order valence-electron chi connectivity index (χ3n) is 5.04. The summed E-state index contributed by atoms with van der Waals surface area (Å²) in [6, 6.07) is 21.0. The van der Waals surface area contributed by atoms with Crippen LogP contribution in [0.25, 0.3) is 0 Å². The van der Waals surface area contributed by atoms with Crippen LogP contribution in [0.5, 0.6) is 0 Å². The number of carboxylic acids is 1. The van der Waals surface area contributed by atoms with Gasteiger partial charge in [0.2, 0.25) is 5.91 Å². The molecule has 0 aliphatic carbocycles. The van der Waals surface area contributed by atoms with Gasteiger partial charge in [0.25, 0.3) is 5.91 Å². The fourth-order valence-electron chi connectivity index (χ4n) is 3.14. The molecule has 3 aromatic rings. The first-order valence-electron chi connectivity index (χ1n) is 10.6. The fourth-order valence-corrected chi connectivity index (χ4v) is 4.00. The van der Waals surface area contributed by atoms with Gasteiger partial charge in [0.15, 0.2) is 0 Å². The SMILES string of the molecule is CC(Sc1ccc(NC(=O)c2ccccc2C(=O)O)cc1)C(=O)Nc1ccc(C(C)C)cc1. The number of amides is 2. The van der Waals surface area contributed by atoms with Crippen LogP contribution >= 0.6 is 11.8 Å². The van der Waals surface area contributed by atoms with Crippen molar-refractivity contribution in [1.29, 1.82) is 0 Å². The zero-order valence-corrected chi connectivity index (χ0v) is 19.5. The second-order valence-corrected chi connectivity index (χ2v) is 9.27. The molecule has 0 heterocycles. The molecule has 3 aromatic carbocycles. The van der Waals surface area contributed by atoms with Gasteiger partial charge in [-0.3, -0.25) is 9.59 Å². The summed E-state index contributed by atoms with van der Waals surface area (Å²) in [5.41, 5.74) is 2.55. The van der Waals surface area contributed by atoms with Crippen molar-refractivity contribution in [2.24, 2.45) is 0 Å². The lowest BCUT2D eigenvalue weighted by Gasteiger charge is -2.13. The lowest BCUT2D eigenvalue weighted by atomic mass is 10.0. The highest BCUT2D eigenvalue weighted by atomic mass is 32.2. The lowest BCUT2D eigenvalue weighted by molar-refractivity contribution is -0.115. The van der Waals surface area contributed by atoms with E-state index in [1.54, 1.807) is 24.3 Å². The quantitative estimate of drug-likeness (QED) is 0.363. The second-order valence-electron chi connectivity index (χ2n) is 7.86. The molecule has 0 bridgehead atoms. The van der Waals surface area contributed by atoms with Gasteiger partial charge >= 0.3 is 5.97 Å². The number of aromatic carboxylic acids is 1. The molecule has 0 aromatic heterocycles. The van der Waals surface area contributed by atoms with E-state index >= 15 is 0 Å². The molecule has 2 amide bonds. The van der Waals surface area contributed by atoms with Gasteiger partial charge in [-0.15, -0.1) is 11.8 Å². The maximum absolute atomic E-state index is 12.6. The maximum Gasteiger partial charge on any atom is 0.336 e. The van der Waals surface area contributed by atoms with Crippen LogP contribution in [0.2, 0.25) is 0 Å². The van der Waals surface area contributed by atoms with Crippen LogP contribution in [-0.2, 0) is 4.79 Å². The lowest BCUT2D eigenvalue weighted by Crippen LogP contribution is -2.22. The molecule has 6 nitrogen and oxygen atoms in total. The molecule has 0 fully saturated rings. The zero-order valence-electron chi connectivity index (χ0n) is 18.7. The molecule has 0 saturated carbocycles. The molecule has 0 radical (unpaired) electrons. The van der Waals surface area contributed by atoms with Crippen molar-refractivity contribution in [3.63, 3.8) is 0 Å². The molecule has 0 saturated heterocycles. The summed E-state index contributed by atoms with van der Waals surface area (Å²) >= 11 is 1.41. The molecular formula is C26H26N2O4S. The second kappa shape index (κ2) is 10.8. The molecule has 0 aliphatic rings. The summed E-state index contributed by atoms with van der Waals surface area (Å²) in [4.78, 5) is 37.2. The summed E-state index contributed by atoms with van der Waals surface area (Å²) in [5, 5.41) is 14.6. The van der Waals surface area contributed by atoms with Crippen LogP contribution in [0.1, 0.15) is 53.0 Å². The first-order valence-corrected chi connectivity index (χ1v) is 11.4. The summed E-state index contributed by atoms with van der Waals surface area (Å²) in [7, 11) is 0. The Hall–Kier alpha value is -3.58. The Morgan fingerprint density at radius 1 is 0.758 bits per heavy atom. The predicted molar refractivity (Wildman–Crippen MR) is 132 cm³/mol. The van der Waals surface area contributed by atoms with Crippen molar-refractivity contribution in [1.82, 2.24) is 0 Å². The van der Waals surface area contributed by atoms with Gasteiger partial charge < -0.3 is 15.7 Å². The van der Waals surface area contributed by atoms with Crippen LogP contribution < -0.4 is 10.6 Å². The van der Waals surface area contributed by atoms with E-state index < -0.39 is 11.9 Å². The Kier molecular flexibility index (Phi) is 7.90. The molecule has 3 N–H and O–H groups in total. The van der Waals surface area contributed by atoms with Gasteiger partial charge in [-0.25, -0.2) is 4.79 Å². The average molecular weight is 463 g/mol. The number of carbonyl (C=O) groups excluding carboxylic acids is 2. The van der Waals surface area contributed by atoms with Crippen LogP contribution in [0.15, 0.2) is 77.7 Å². The third kappa shape index (κ3) is 6.46. The number of nitrogens with one attached hydrogen (secondary N) is 2. The highest BCUT2D eigenvalue weighted by Gasteiger charge is 2.17. The van der Waals surface area contributed by atoms with E-state index in [1.165, 1.54) is 29.5 Å². The highest BCUT2D eigenvalue weighted by molar-refractivity contribution is 8.00. The molecular weight excluding hydrogens is 436 g/mol. The van der Waals surface area contributed by atoms with Crippen molar-refractivity contribution in [2.75, 3.05) is 10.6 Å². The number of thioether (sulfide) groups is 1. The number of carbonyl (C=O) groups is 3. The van der Waals surface area contributed by atoms with Crippen molar-refractivity contribution in [2.45, 2.75) is 36.8 Å². The Morgan fingerprint density at radius 2 is 1.30 bits per heavy atom.